The molecular formula is C18H14FN4O2S-. The minimum atomic E-state index is -2.36. The highest BCUT2D eigenvalue weighted by atomic mass is 32.2. The third kappa shape index (κ3) is 3.99. The predicted molar refractivity (Wildman–Crippen MR) is 96.9 cm³/mol. The first-order chi connectivity index (χ1) is 12.6. The fourth-order valence-corrected chi connectivity index (χ4v) is 2.56. The molecule has 1 unspecified atom stereocenters. The van der Waals surface area contributed by atoms with Crippen molar-refractivity contribution in [3.8, 4) is 22.4 Å². The van der Waals surface area contributed by atoms with E-state index in [1.165, 1.54) is 6.07 Å². The summed E-state index contributed by atoms with van der Waals surface area (Å²) in [5.41, 5.74) is 3.83. The zero-order valence-electron chi connectivity index (χ0n) is 13.4. The third-order valence-corrected chi connectivity index (χ3v) is 3.63. The summed E-state index contributed by atoms with van der Waals surface area (Å²) in [5.74, 6) is -0.344. The average Bonchev–Trinajstić information content (AvgIpc) is 3.07. The SMILES string of the molecule is Fc1cc(-c2cccnc2)cn2c(-c3ccccc3)cnc12.NS(=O)[O-]. The van der Waals surface area contributed by atoms with Crippen LogP contribution in [0.3, 0.4) is 0 Å². The molecule has 132 valence electrons. The van der Waals surface area contributed by atoms with Crippen LogP contribution in [0.15, 0.2) is 73.3 Å². The van der Waals surface area contributed by atoms with Gasteiger partial charge < -0.3 is 4.55 Å². The number of nitrogens with two attached hydrogens (primary N) is 1. The number of hydrogen-bond acceptors (Lipinski definition) is 4. The van der Waals surface area contributed by atoms with E-state index in [9.17, 15) is 4.39 Å². The number of aromatic nitrogens is 3. The molecule has 0 amide bonds. The van der Waals surface area contributed by atoms with Gasteiger partial charge in [-0.3, -0.25) is 18.7 Å². The average molecular weight is 369 g/mol. The Labute approximate surface area is 151 Å². The van der Waals surface area contributed by atoms with Crippen LogP contribution in [0.25, 0.3) is 28.0 Å². The molecule has 0 fully saturated rings. The number of rotatable bonds is 2. The monoisotopic (exact) mass is 369 g/mol. The molecule has 26 heavy (non-hydrogen) atoms. The number of benzene rings is 1. The summed E-state index contributed by atoms with van der Waals surface area (Å²) in [4.78, 5) is 8.29. The van der Waals surface area contributed by atoms with E-state index in [0.717, 1.165) is 22.4 Å². The largest absolute Gasteiger partial charge is 0.760 e. The Bertz CT molecular complexity index is 1040. The van der Waals surface area contributed by atoms with Gasteiger partial charge in [0.15, 0.2) is 11.5 Å². The highest BCUT2D eigenvalue weighted by Crippen LogP contribution is 2.26. The Morgan fingerprint density at radius 3 is 2.38 bits per heavy atom. The van der Waals surface area contributed by atoms with Crippen LogP contribution in [0.2, 0.25) is 0 Å². The molecule has 6 nitrogen and oxygen atoms in total. The van der Waals surface area contributed by atoms with Crippen molar-refractivity contribution in [2.75, 3.05) is 0 Å². The van der Waals surface area contributed by atoms with Crippen LogP contribution in [-0.4, -0.2) is 23.1 Å². The second-order valence-corrected chi connectivity index (χ2v) is 5.80. The van der Waals surface area contributed by atoms with Gasteiger partial charge in [0, 0.05) is 46.5 Å². The molecule has 1 atom stereocenters. The van der Waals surface area contributed by atoms with Crippen LogP contribution in [0, 0.1) is 5.82 Å². The Morgan fingerprint density at radius 1 is 1.04 bits per heavy atom. The lowest BCUT2D eigenvalue weighted by atomic mass is 10.1. The normalized spacial score (nSPS) is 11.7. The van der Waals surface area contributed by atoms with E-state index < -0.39 is 11.3 Å². The Morgan fingerprint density at radius 2 is 1.73 bits per heavy atom. The van der Waals surface area contributed by atoms with E-state index >= 15 is 0 Å². The summed E-state index contributed by atoms with van der Waals surface area (Å²) in [7, 11) is 0. The molecule has 0 spiro atoms. The number of nitrogens with zero attached hydrogens (tertiary/aromatic N) is 3. The molecule has 0 aliphatic heterocycles. The zero-order chi connectivity index (χ0) is 18.5. The number of fused-ring (bicyclic) bond motifs is 1. The summed E-state index contributed by atoms with van der Waals surface area (Å²) in [6.45, 7) is 0. The van der Waals surface area contributed by atoms with Gasteiger partial charge in [0.25, 0.3) is 0 Å². The molecule has 0 saturated carbocycles. The molecule has 2 N–H and O–H groups in total. The maximum absolute atomic E-state index is 14.4. The number of halogens is 1. The van der Waals surface area contributed by atoms with Gasteiger partial charge >= 0.3 is 0 Å². The summed E-state index contributed by atoms with van der Waals surface area (Å²) in [6.07, 6.45) is 7.01. The highest BCUT2D eigenvalue weighted by molar-refractivity contribution is 7.76. The molecule has 4 rings (SSSR count). The summed E-state index contributed by atoms with van der Waals surface area (Å²) in [5, 5.41) is 4.03. The summed E-state index contributed by atoms with van der Waals surface area (Å²) in [6, 6.07) is 15.1. The first-order valence-electron chi connectivity index (χ1n) is 7.52. The minimum Gasteiger partial charge on any atom is -0.760 e. The smallest absolute Gasteiger partial charge is 0.173 e. The van der Waals surface area contributed by atoms with Gasteiger partial charge in [-0.05, 0) is 12.1 Å². The molecular weight excluding hydrogens is 355 g/mol. The van der Waals surface area contributed by atoms with Crippen molar-refractivity contribution in [3.63, 3.8) is 0 Å². The van der Waals surface area contributed by atoms with Crippen molar-refractivity contribution in [2.24, 2.45) is 5.14 Å². The second kappa shape index (κ2) is 7.96. The van der Waals surface area contributed by atoms with Gasteiger partial charge in [-0.2, -0.15) is 0 Å². The van der Waals surface area contributed by atoms with Crippen molar-refractivity contribution >= 4 is 16.9 Å². The molecule has 4 aromatic rings. The Kier molecular flexibility index (Phi) is 5.47. The summed E-state index contributed by atoms with van der Waals surface area (Å²) < 4.78 is 33.7. The van der Waals surface area contributed by atoms with Gasteiger partial charge in [0.2, 0.25) is 0 Å². The molecule has 8 heteroatoms. The lowest BCUT2D eigenvalue weighted by molar-refractivity contribution is 0.539. The van der Waals surface area contributed by atoms with Gasteiger partial charge in [-0.1, -0.05) is 36.4 Å². The summed E-state index contributed by atoms with van der Waals surface area (Å²) >= 11 is -2.36. The van der Waals surface area contributed by atoms with E-state index in [-0.39, 0.29) is 5.82 Å². The van der Waals surface area contributed by atoms with Crippen LogP contribution < -0.4 is 5.14 Å². The van der Waals surface area contributed by atoms with E-state index in [0.29, 0.717) is 5.65 Å². The third-order valence-electron chi connectivity index (χ3n) is 3.63. The maximum atomic E-state index is 14.4. The second-order valence-electron chi connectivity index (χ2n) is 5.28. The standard InChI is InChI=1S/C18H12FN3.H3NO2S/c19-16-9-15(14-7-4-8-20-10-14)12-22-17(11-21-18(16)22)13-5-2-1-3-6-13;1-4(2)3/h1-12H;1H2,(H,2,3)/p-1. The lowest BCUT2D eigenvalue weighted by Gasteiger charge is -2.06. The van der Waals surface area contributed by atoms with Crippen molar-refractivity contribution < 1.29 is 13.2 Å². The van der Waals surface area contributed by atoms with Gasteiger partial charge in [-0.15, -0.1) is 0 Å². The van der Waals surface area contributed by atoms with Crippen LogP contribution in [-0.2, 0) is 11.3 Å². The molecule has 0 radical (unpaired) electrons. The molecule has 0 saturated heterocycles. The number of pyridine rings is 2. The van der Waals surface area contributed by atoms with Crippen LogP contribution in [0.1, 0.15) is 0 Å². The van der Waals surface area contributed by atoms with E-state index in [1.807, 2.05) is 48.7 Å². The quantitative estimate of drug-likeness (QED) is 0.550. The molecule has 0 aliphatic rings. The van der Waals surface area contributed by atoms with Crippen molar-refractivity contribution in [1.82, 2.24) is 14.4 Å². The van der Waals surface area contributed by atoms with E-state index in [4.69, 9.17) is 8.76 Å². The first kappa shape index (κ1) is 17.9. The van der Waals surface area contributed by atoms with Crippen LogP contribution >= 0.6 is 0 Å². The Hall–Kier alpha value is -2.94. The van der Waals surface area contributed by atoms with Crippen LogP contribution in [0.5, 0.6) is 0 Å². The molecule has 1 aromatic carbocycles. The van der Waals surface area contributed by atoms with E-state index in [1.54, 1.807) is 23.0 Å². The van der Waals surface area contributed by atoms with Gasteiger partial charge in [-0.25, -0.2) is 9.37 Å². The molecule has 3 heterocycles. The zero-order valence-corrected chi connectivity index (χ0v) is 14.3. The van der Waals surface area contributed by atoms with Crippen molar-refractivity contribution in [2.45, 2.75) is 0 Å². The fraction of sp³-hybridized carbons (Fsp3) is 0. The number of imidazole rings is 1. The Balaban J connectivity index is 0.000000447. The molecule has 3 aromatic heterocycles. The molecule has 0 bridgehead atoms. The first-order valence-corrected chi connectivity index (χ1v) is 8.66. The number of hydrogen-bond donors (Lipinski definition) is 1. The highest BCUT2D eigenvalue weighted by Gasteiger charge is 2.12. The topological polar surface area (TPSA) is 96.3 Å². The fourth-order valence-electron chi connectivity index (χ4n) is 2.56. The van der Waals surface area contributed by atoms with E-state index in [2.05, 4.69) is 15.1 Å². The van der Waals surface area contributed by atoms with Crippen molar-refractivity contribution in [1.29, 1.82) is 0 Å². The van der Waals surface area contributed by atoms with Crippen molar-refractivity contribution in [3.05, 3.63) is 79.1 Å². The van der Waals surface area contributed by atoms with Gasteiger partial charge in [0.1, 0.15) is 0 Å². The van der Waals surface area contributed by atoms with Gasteiger partial charge in [0.05, 0.1) is 11.9 Å². The maximum Gasteiger partial charge on any atom is 0.173 e. The molecule has 0 aliphatic carbocycles. The lowest BCUT2D eigenvalue weighted by Crippen LogP contribution is -1.97. The van der Waals surface area contributed by atoms with Crippen LogP contribution in [0.4, 0.5) is 4.39 Å². The minimum absolute atomic E-state index is 0.325. The predicted octanol–water partition coefficient (Wildman–Crippen LogP) is 2.94.